The number of nitrogens with two attached hydrogens (primary N) is 1. The number of hydrogen-bond acceptors (Lipinski definition) is 16. The van der Waals surface area contributed by atoms with Gasteiger partial charge in [-0.2, -0.15) is 28.1 Å². The van der Waals surface area contributed by atoms with Gasteiger partial charge in [-0.15, -0.1) is 11.3 Å². The van der Waals surface area contributed by atoms with Crippen LogP contribution in [0.3, 0.4) is 0 Å². The highest BCUT2D eigenvalue weighted by molar-refractivity contribution is 7.90. The van der Waals surface area contributed by atoms with Crippen molar-refractivity contribution in [3.8, 4) is 17.5 Å². The highest BCUT2D eigenvalue weighted by Gasteiger charge is 2.31. The number of sulfonamides is 1. The summed E-state index contributed by atoms with van der Waals surface area (Å²) >= 11 is 12.4. The molecule has 2 heterocycles. The molecule has 29 heteroatoms. The molecule has 0 saturated carbocycles. The minimum absolute atomic E-state index is 0.0246. The molecule has 3 atom stereocenters. The number of ether oxygens (including phenoxy) is 3. The van der Waals surface area contributed by atoms with E-state index in [9.17, 15) is 50.1 Å². The lowest BCUT2D eigenvalue weighted by Crippen LogP contribution is -2.35. The molecule has 0 aliphatic heterocycles. The minimum Gasteiger partial charge on any atom is -0.480 e. The molecule has 2 aromatic carbocycles. The Bertz CT molecular complexity index is 2460. The zero-order valence-electron chi connectivity index (χ0n) is 32.0. The number of carboxylic acid groups (broad SMARTS) is 3. The summed E-state index contributed by atoms with van der Waals surface area (Å²) < 4.78 is 89.5. The van der Waals surface area contributed by atoms with Crippen LogP contribution < -0.4 is 25.2 Å². The monoisotopic (exact) mass is 976 g/mol. The largest absolute Gasteiger partial charge is 0.480 e. The molecule has 2 amide bonds. The van der Waals surface area contributed by atoms with Gasteiger partial charge in [-0.05, 0) is 68.1 Å². The number of thiophene rings is 1. The molecule has 0 bridgehead atoms. The van der Waals surface area contributed by atoms with Gasteiger partial charge in [0.2, 0.25) is 5.95 Å². The van der Waals surface area contributed by atoms with Crippen molar-refractivity contribution >= 4 is 87.8 Å². The van der Waals surface area contributed by atoms with E-state index in [0.29, 0.717) is 6.07 Å². The molecular formula is C33H34Cl2F3N6O15PS2. The van der Waals surface area contributed by atoms with Gasteiger partial charge in [0.05, 0.1) is 28.3 Å². The summed E-state index contributed by atoms with van der Waals surface area (Å²) in [6.45, 7) is 3.87. The standard InChI is InChI=1S/C17H11Cl2F3O5.C11H11N5O6S2.C5H12NO4P/c1-8(15(23)24)26-16(25)11-7-10(3-4-12(11)18)27-14-5-2-9(6-13(14)19)17(20,21)22;1-5-12-9(15-11(13-5)22-2)14-10(19)16-24(20,21)6-3-4-23-7(6)8(17)18;1-11(9,10)3-2-4(6)5(7)8/h2-8H,1H3,(H,23,24);3-4H,1-2H3,(H,17,18)(H2,12,13,14,15,16,19);4H,2-3,6H2,1H3,(H,7,8)(H,9,10)/t8-;;/m0../s1. The lowest BCUT2D eigenvalue weighted by Gasteiger charge is -2.13. The van der Waals surface area contributed by atoms with Crippen LogP contribution in [0, 0.1) is 6.92 Å². The van der Waals surface area contributed by atoms with E-state index < -0.39 is 81.0 Å². The third-order valence-electron chi connectivity index (χ3n) is 6.92. The van der Waals surface area contributed by atoms with E-state index in [4.69, 9.17) is 63.4 Å². The number of aromatic carboxylic acids is 1. The highest BCUT2D eigenvalue weighted by atomic mass is 35.5. The van der Waals surface area contributed by atoms with Crippen LogP contribution in [0.4, 0.5) is 23.9 Å². The number of carbonyl (C=O) groups is 5. The van der Waals surface area contributed by atoms with Crippen molar-refractivity contribution in [2.45, 2.75) is 43.5 Å². The topological polar surface area (TPSA) is 334 Å². The van der Waals surface area contributed by atoms with Crippen LogP contribution in [0.15, 0.2) is 52.7 Å². The average Bonchev–Trinajstić information content (AvgIpc) is 3.67. The lowest BCUT2D eigenvalue weighted by atomic mass is 10.2. The summed E-state index contributed by atoms with van der Waals surface area (Å²) in [4.78, 5) is 74.9. The number of halogens is 5. The van der Waals surface area contributed by atoms with E-state index in [0.717, 1.165) is 42.5 Å². The van der Waals surface area contributed by atoms with Crippen LogP contribution >= 0.6 is 41.9 Å². The maximum Gasteiger partial charge on any atom is 0.416 e. The third-order valence-corrected chi connectivity index (χ3v) is 11.0. The summed E-state index contributed by atoms with van der Waals surface area (Å²) in [7, 11) is -6.16. The van der Waals surface area contributed by atoms with E-state index in [2.05, 4.69) is 20.3 Å². The van der Waals surface area contributed by atoms with Gasteiger partial charge in [0, 0.05) is 12.8 Å². The maximum absolute atomic E-state index is 12.7. The van der Waals surface area contributed by atoms with Crippen LogP contribution in [-0.2, 0) is 35.1 Å². The number of methoxy groups -OCH3 is 1. The van der Waals surface area contributed by atoms with Crippen molar-refractivity contribution in [3.63, 3.8) is 0 Å². The van der Waals surface area contributed by atoms with Crippen molar-refractivity contribution in [2.24, 2.45) is 5.73 Å². The molecule has 8 N–H and O–H groups in total. The zero-order chi connectivity index (χ0) is 47.3. The Hall–Kier alpha value is -5.63. The van der Waals surface area contributed by atoms with Crippen LogP contribution in [0.1, 0.15) is 44.8 Å². The quantitative estimate of drug-likeness (QED) is 0.0598. The van der Waals surface area contributed by atoms with Gasteiger partial charge in [-0.3, -0.25) is 14.7 Å². The smallest absolute Gasteiger partial charge is 0.416 e. The number of nitrogens with zero attached hydrogens (tertiary/aromatic N) is 3. The van der Waals surface area contributed by atoms with Gasteiger partial charge in [0.25, 0.3) is 10.0 Å². The molecule has 338 valence electrons. The number of aromatic nitrogens is 3. The second-order valence-corrected chi connectivity index (χ2v) is 17.9. The fourth-order valence-electron chi connectivity index (χ4n) is 3.96. The number of nitrogens with one attached hydrogen (secondary N) is 2. The normalized spacial score (nSPS) is 13.0. The predicted octanol–water partition coefficient (Wildman–Crippen LogP) is 5.58. The number of aliphatic carboxylic acids is 2. The van der Waals surface area contributed by atoms with Gasteiger partial charge in [-0.1, -0.05) is 23.2 Å². The summed E-state index contributed by atoms with van der Waals surface area (Å²) in [6.07, 6.45) is -5.96. The molecule has 0 aliphatic rings. The summed E-state index contributed by atoms with van der Waals surface area (Å²) in [6, 6.07) is 5.16. The minimum atomic E-state index is -4.56. The van der Waals surface area contributed by atoms with E-state index >= 15 is 0 Å². The molecule has 0 saturated heterocycles. The van der Waals surface area contributed by atoms with E-state index in [1.54, 1.807) is 4.72 Å². The number of amides is 2. The number of alkyl halides is 3. The van der Waals surface area contributed by atoms with Gasteiger partial charge in [-0.25, -0.2) is 32.3 Å². The number of urea groups is 1. The van der Waals surface area contributed by atoms with E-state index in [-0.39, 0.29) is 57.5 Å². The van der Waals surface area contributed by atoms with Crippen LogP contribution in [-0.4, -0.2) is 106 Å². The number of esters is 1. The van der Waals surface area contributed by atoms with Crippen molar-refractivity contribution in [1.82, 2.24) is 19.7 Å². The highest BCUT2D eigenvalue weighted by Crippen LogP contribution is 2.37. The molecule has 0 fully saturated rings. The number of rotatable bonds is 14. The average molecular weight is 978 g/mol. The van der Waals surface area contributed by atoms with E-state index in [1.165, 1.54) is 38.2 Å². The molecular weight excluding hydrogens is 943 g/mol. The van der Waals surface area contributed by atoms with Crippen LogP contribution in [0.25, 0.3) is 0 Å². The van der Waals surface area contributed by atoms with Crippen molar-refractivity contribution in [1.29, 1.82) is 0 Å². The Balaban J connectivity index is 0.000000347. The first kappa shape index (κ1) is 52.5. The predicted molar refractivity (Wildman–Crippen MR) is 213 cm³/mol. The number of aryl methyl sites for hydroxylation is 1. The first-order chi connectivity index (χ1) is 28.5. The van der Waals surface area contributed by atoms with Gasteiger partial charge < -0.3 is 40.2 Å². The number of benzene rings is 2. The number of anilines is 1. The van der Waals surface area contributed by atoms with Gasteiger partial charge in [0.1, 0.15) is 33.1 Å². The number of hydrogen-bond donors (Lipinski definition) is 7. The summed E-state index contributed by atoms with van der Waals surface area (Å²) in [5, 5.41) is 29.1. The molecule has 2 aromatic heterocycles. The lowest BCUT2D eigenvalue weighted by molar-refractivity contribution is -0.146. The fourth-order valence-corrected chi connectivity index (χ4v) is 7.30. The second kappa shape index (κ2) is 22.5. The Morgan fingerprint density at radius 1 is 0.984 bits per heavy atom. The van der Waals surface area contributed by atoms with Crippen LogP contribution in [0.5, 0.6) is 17.5 Å². The molecule has 0 spiro atoms. The SMILES string of the molecule is COc1nc(C)nc(NC(=O)NS(=O)(=O)c2ccsc2C(=O)O)n1.CP(=O)(O)CCC(N)C(=O)O.C[C@H](OC(=O)c1cc(Oc2ccc(C(F)(F)F)cc2Cl)ccc1Cl)C(=O)O. The van der Waals surface area contributed by atoms with Crippen molar-refractivity contribution in [2.75, 3.05) is 25.3 Å². The molecule has 0 radical (unpaired) electrons. The molecule has 4 rings (SSSR count). The van der Waals surface area contributed by atoms with Crippen LogP contribution in [0.2, 0.25) is 10.0 Å². The summed E-state index contributed by atoms with van der Waals surface area (Å²) in [5.74, 6) is -4.92. The van der Waals surface area contributed by atoms with Crippen molar-refractivity contribution < 1.29 is 84.6 Å². The van der Waals surface area contributed by atoms with Gasteiger partial charge in [0.15, 0.2) is 13.5 Å². The molecule has 62 heavy (non-hydrogen) atoms. The number of carbonyl (C=O) groups excluding carboxylic acids is 2. The Kier molecular flexibility index (Phi) is 19.0. The first-order valence-corrected chi connectivity index (χ1v) is 21.9. The Morgan fingerprint density at radius 3 is 2.16 bits per heavy atom. The second-order valence-electron chi connectivity index (χ2n) is 12.0. The first-order valence-electron chi connectivity index (χ1n) is 16.5. The summed E-state index contributed by atoms with van der Waals surface area (Å²) in [5.41, 5.74) is 3.97. The molecule has 21 nitrogen and oxygen atoms in total. The fraction of sp³-hybridized carbons (Fsp3) is 0.273. The molecule has 0 aliphatic carbocycles. The maximum atomic E-state index is 12.7. The van der Waals surface area contributed by atoms with Gasteiger partial charge >= 0.3 is 42.1 Å². The zero-order valence-corrected chi connectivity index (χ0v) is 36.1. The molecule has 2 unspecified atom stereocenters. The van der Waals surface area contributed by atoms with E-state index in [1.807, 2.05) is 0 Å². The molecule has 4 aromatic rings. The Labute approximate surface area is 362 Å². The van der Waals surface area contributed by atoms with Crippen molar-refractivity contribution in [3.05, 3.63) is 79.7 Å². The number of carboxylic acids is 3. The third kappa shape index (κ3) is 17.0. The Morgan fingerprint density at radius 2 is 1.63 bits per heavy atom.